The highest BCUT2D eigenvalue weighted by atomic mass is 19.1. The molecule has 0 aromatic heterocycles. The molecule has 0 bridgehead atoms. The van der Waals surface area contributed by atoms with Crippen LogP contribution in [0.1, 0.15) is 30.4 Å². The minimum atomic E-state index is -0.858. The van der Waals surface area contributed by atoms with Crippen LogP contribution in [0.3, 0.4) is 0 Å². The molecule has 1 aliphatic heterocycles. The van der Waals surface area contributed by atoms with Crippen LogP contribution in [0.5, 0.6) is 0 Å². The van der Waals surface area contributed by atoms with E-state index >= 15 is 0 Å². The lowest BCUT2D eigenvalue weighted by Crippen LogP contribution is -2.49. The first kappa shape index (κ1) is 17.8. The van der Waals surface area contributed by atoms with E-state index in [9.17, 15) is 13.9 Å². The smallest absolute Gasteiger partial charge is 0.123 e. The predicted molar refractivity (Wildman–Crippen MR) is 98.9 cm³/mol. The summed E-state index contributed by atoms with van der Waals surface area (Å²) in [5, 5.41) is 14.7. The number of anilines is 2. The Morgan fingerprint density at radius 3 is 2.15 bits per heavy atom. The molecule has 140 valence electrons. The first-order chi connectivity index (χ1) is 13.1. The maximum Gasteiger partial charge on any atom is 0.123 e. The van der Waals surface area contributed by atoms with Crippen LogP contribution in [0.15, 0.2) is 41.5 Å². The third-order valence-corrected chi connectivity index (χ3v) is 5.59. The molecule has 0 saturated heterocycles. The number of rotatable bonds is 2. The van der Waals surface area contributed by atoms with Gasteiger partial charge in [0.05, 0.1) is 18.2 Å². The summed E-state index contributed by atoms with van der Waals surface area (Å²) in [4.78, 5) is 4.85. The zero-order chi connectivity index (χ0) is 19.0. The molecule has 7 heteroatoms. The van der Waals surface area contributed by atoms with Gasteiger partial charge in [0.1, 0.15) is 11.6 Å². The molecule has 0 unspecified atom stereocenters. The van der Waals surface area contributed by atoms with Gasteiger partial charge in [-0.05, 0) is 78.7 Å². The van der Waals surface area contributed by atoms with Gasteiger partial charge in [-0.1, -0.05) is 11.5 Å². The minimum Gasteiger partial charge on any atom is -0.391 e. The number of benzene rings is 2. The van der Waals surface area contributed by atoms with Crippen molar-refractivity contribution in [3.63, 3.8) is 0 Å². The second-order valence-electron chi connectivity index (χ2n) is 7.18. The average molecular weight is 370 g/mol. The highest BCUT2D eigenvalue weighted by Gasteiger charge is 2.38. The summed E-state index contributed by atoms with van der Waals surface area (Å²) in [6.07, 6.45) is 2.44. The Labute approximate surface area is 155 Å². The van der Waals surface area contributed by atoms with Gasteiger partial charge in [-0.3, -0.25) is 0 Å². The Bertz CT molecular complexity index is 859. The summed E-state index contributed by atoms with van der Waals surface area (Å²) in [6.45, 7) is 0. The largest absolute Gasteiger partial charge is 0.391 e. The predicted octanol–water partition coefficient (Wildman–Crippen LogP) is 4.79. The molecular formula is C20H20F2N4O. The minimum absolute atomic E-state index is 0.318. The monoisotopic (exact) mass is 370 g/mol. The van der Waals surface area contributed by atoms with E-state index in [0.29, 0.717) is 25.7 Å². The van der Waals surface area contributed by atoms with Gasteiger partial charge >= 0.3 is 0 Å². The summed E-state index contributed by atoms with van der Waals surface area (Å²) >= 11 is 0. The molecule has 1 saturated carbocycles. The average Bonchev–Trinajstić information content (AvgIpc) is 2.80. The maximum atomic E-state index is 13.8. The number of aryl methyl sites for hydroxylation is 2. The third kappa shape index (κ3) is 3.24. The molecule has 1 N–H and O–H groups in total. The van der Waals surface area contributed by atoms with Crippen LogP contribution in [0.25, 0.3) is 10.4 Å². The Kier molecular flexibility index (Phi) is 4.72. The highest BCUT2D eigenvalue weighted by molar-refractivity contribution is 5.72. The number of aliphatic hydroxyl groups excluding tert-OH is 1. The lowest BCUT2D eigenvalue weighted by molar-refractivity contribution is 0.0879. The highest BCUT2D eigenvalue weighted by Crippen LogP contribution is 2.41. The topological polar surface area (TPSA) is 72.2 Å². The molecule has 5 nitrogen and oxygen atoms in total. The van der Waals surface area contributed by atoms with Crippen molar-refractivity contribution in [1.82, 2.24) is 0 Å². The molecule has 1 fully saturated rings. The number of hydrogen-bond donors (Lipinski definition) is 1. The lowest BCUT2D eigenvalue weighted by Gasteiger charge is -2.42. The first-order valence-corrected chi connectivity index (χ1v) is 9.17. The van der Waals surface area contributed by atoms with E-state index < -0.39 is 12.1 Å². The molecule has 1 aliphatic carbocycles. The van der Waals surface area contributed by atoms with E-state index in [1.54, 1.807) is 12.1 Å². The molecule has 0 amide bonds. The standard InChI is InChI=1S/C20H20F2N4O/c21-14-6-8-17-12(10-14)4-5-13-11-15(22)7-9-18(13)26(17)19-3-1-2-16(20(19)27)24-25-23/h6-11,16,19-20,27H,1-5H2/t16-,19+,20+/m0/s1. The molecule has 2 aromatic carbocycles. The van der Waals surface area contributed by atoms with Crippen molar-refractivity contribution in [2.24, 2.45) is 5.11 Å². The van der Waals surface area contributed by atoms with E-state index in [-0.39, 0.29) is 17.7 Å². The van der Waals surface area contributed by atoms with Gasteiger partial charge < -0.3 is 10.0 Å². The number of fused-ring (bicyclic) bond motifs is 2. The van der Waals surface area contributed by atoms with Crippen LogP contribution in [0, 0.1) is 11.6 Å². The normalized spacial score (nSPS) is 24.4. The molecular weight excluding hydrogens is 350 g/mol. The van der Waals surface area contributed by atoms with Crippen molar-refractivity contribution in [2.45, 2.75) is 50.3 Å². The van der Waals surface area contributed by atoms with Crippen molar-refractivity contribution in [3.8, 4) is 0 Å². The Hall–Kier alpha value is -2.63. The molecule has 27 heavy (non-hydrogen) atoms. The summed E-state index contributed by atoms with van der Waals surface area (Å²) in [7, 11) is 0. The summed E-state index contributed by atoms with van der Waals surface area (Å²) in [5.74, 6) is -0.635. The molecule has 4 rings (SSSR count). The molecule has 1 heterocycles. The Morgan fingerprint density at radius 2 is 1.59 bits per heavy atom. The van der Waals surface area contributed by atoms with Crippen LogP contribution in [0.2, 0.25) is 0 Å². The van der Waals surface area contributed by atoms with E-state index in [1.807, 2.05) is 4.90 Å². The SMILES string of the molecule is [N-]=[N+]=N[C@H]1CCC[C@@H](N2c3ccc(F)cc3CCc3cc(F)ccc32)[C@@H]1O. The molecule has 0 spiro atoms. The zero-order valence-corrected chi connectivity index (χ0v) is 14.7. The quantitative estimate of drug-likeness (QED) is 0.469. The lowest BCUT2D eigenvalue weighted by atomic mass is 9.86. The third-order valence-electron chi connectivity index (χ3n) is 5.59. The molecule has 2 aliphatic rings. The summed E-state index contributed by atoms with van der Waals surface area (Å²) in [5.41, 5.74) is 12.1. The number of nitrogens with zero attached hydrogens (tertiary/aromatic N) is 4. The maximum absolute atomic E-state index is 13.8. The molecule has 2 aromatic rings. The fraction of sp³-hybridized carbons (Fsp3) is 0.400. The number of halogens is 2. The fourth-order valence-electron chi connectivity index (χ4n) is 4.34. The van der Waals surface area contributed by atoms with Gasteiger partial charge in [0.2, 0.25) is 0 Å². The number of hydrogen-bond acceptors (Lipinski definition) is 3. The number of azide groups is 1. The zero-order valence-electron chi connectivity index (χ0n) is 14.7. The van der Waals surface area contributed by atoms with Gasteiger partial charge in [0.25, 0.3) is 0 Å². The van der Waals surface area contributed by atoms with Crippen LogP contribution in [0.4, 0.5) is 20.2 Å². The van der Waals surface area contributed by atoms with Crippen molar-refractivity contribution in [3.05, 3.63) is 69.6 Å². The number of aliphatic hydroxyl groups is 1. The van der Waals surface area contributed by atoms with Crippen LogP contribution in [-0.4, -0.2) is 23.3 Å². The fourth-order valence-corrected chi connectivity index (χ4v) is 4.34. The molecule has 3 atom stereocenters. The van der Waals surface area contributed by atoms with Crippen LogP contribution < -0.4 is 4.90 Å². The first-order valence-electron chi connectivity index (χ1n) is 9.17. The van der Waals surface area contributed by atoms with Gasteiger partial charge in [-0.25, -0.2) is 8.78 Å². The van der Waals surface area contributed by atoms with Crippen LogP contribution in [-0.2, 0) is 12.8 Å². The summed E-state index contributed by atoms with van der Waals surface area (Å²) < 4.78 is 27.7. The van der Waals surface area contributed by atoms with E-state index in [1.165, 1.54) is 24.3 Å². The van der Waals surface area contributed by atoms with Crippen molar-refractivity contribution in [1.29, 1.82) is 0 Å². The van der Waals surface area contributed by atoms with E-state index in [4.69, 9.17) is 5.53 Å². The van der Waals surface area contributed by atoms with Gasteiger partial charge in [0.15, 0.2) is 0 Å². The van der Waals surface area contributed by atoms with Crippen molar-refractivity contribution < 1.29 is 13.9 Å². The second-order valence-corrected chi connectivity index (χ2v) is 7.18. The Morgan fingerprint density at radius 1 is 1.00 bits per heavy atom. The van der Waals surface area contributed by atoms with Crippen molar-refractivity contribution >= 4 is 11.4 Å². The van der Waals surface area contributed by atoms with Crippen LogP contribution >= 0.6 is 0 Å². The molecule has 0 radical (unpaired) electrons. The van der Waals surface area contributed by atoms with E-state index in [0.717, 1.165) is 28.9 Å². The van der Waals surface area contributed by atoms with Gasteiger partial charge in [0, 0.05) is 16.3 Å². The Balaban J connectivity index is 1.86. The van der Waals surface area contributed by atoms with Crippen molar-refractivity contribution in [2.75, 3.05) is 4.90 Å². The van der Waals surface area contributed by atoms with Gasteiger partial charge in [-0.2, -0.15) is 0 Å². The van der Waals surface area contributed by atoms with Gasteiger partial charge in [-0.15, -0.1) is 0 Å². The van der Waals surface area contributed by atoms with E-state index in [2.05, 4.69) is 10.0 Å². The summed E-state index contributed by atoms with van der Waals surface area (Å²) in [6, 6.07) is 8.40. The second kappa shape index (κ2) is 7.18.